The zero-order valence-electron chi connectivity index (χ0n) is 11.7. The molecule has 0 unspecified atom stereocenters. The molecule has 0 aliphatic carbocycles. The third kappa shape index (κ3) is 15.8. The molecule has 0 saturated heterocycles. The van der Waals surface area contributed by atoms with E-state index in [4.69, 9.17) is 24.7 Å². The molecule has 0 rings (SSSR count). The molecule has 0 bridgehead atoms. The second-order valence-corrected chi connectivity index (χ2v) is 4.04. The van der Waals surface area contributed by atoms with Crippen LogP contribution in [0.15, 0.2) is 0 Å². The predicted molar refractivity (Wildman–Crippen MR) is 70.9 cm³/mol. The van der Waals surface area contributed by atoms with Gasteiger partial charge in [0.25, 0.3) is 0 Å². The lowest BCUT2D eigenvalue weighted by Gasteiger charge is -2.10. The molecule has 0 atom stereocenters. The fourth-order valence-corrected chi connectivity index (χ4v) is 1.09. The van der Waals surface area contributed by atoms with Crippen LogP contribution in [0.2, 0.25) is 0 Å². The van der Waals surface area contributed by atoms with E-state index in [2.05, 4.69) is 4.90 Å². The number of hydrogen-bond acceptors (Lipinski definition) is 6. The average molecular weight is 264 g/mol. The standard InChI is InChI=1S/C12H28N2O4/c1-14(2)4-6-16-8-10-18-12-11-17-9-7-15-5-3-13/h3-13H2,1-2H3. The Balaban J connectivity index is 2.90. The Morgan fingerprint density at radius 3 is 1.44 bits per heavy atom. The maximum absolute atomic E-state index is 5.38. The monoisotopic (exact) mass is 264 g/mol. The summed E-state index contributed by atoms with van der Waals surface area (Å²) in [6.07, 6.45) is 0. The highest BCUT2D eigenvalue weighted by Crippen LogP contribution is 1.83. The third-order valence-electron chi connectivity index (χ3n) is 2.06. The first-order chi connectivity index (χ1) is 8.77. The summed E-state index contributed by atoms with van der Waals surface area (Å²) in [5.41, 5.74) is 5.28. The molecule has 2 N–H and O–H groups in total. The summed E-state index contributed by atoms with van der Waals surface area (Å²) in [7, 11) is 4.04. The fourth-order valence-electron chi connectivity index (χ4n) is 1.09. The first-order valence-corrected chi connectivity index (χ1v) is 6.43. The van der Waals surface area contributed by atoms with Crippen molar-refractivity contribution in [2.24, 2.45) is 5.73 Å². The van der Waals surface area contributed by atoms with Crippen LogP contribution in [0.4, 0.5) is 0 Å². The van der Waals surface area contributed by atoms with Crippen LogP contribution in [0.25, 0.3) is 0 Å². The molecule has 0 fully saturated rings. The van der Waals surface area contributed by atoms with Crippen LogP contribution >= 0.6 is 0 Å². The van der Waals surface area contributed by atoms with Crippen molar-refractivity contribution in [3.63, 3.8) is 0 Å². The number of ether oxygens (including phenoxy) is 4. The normalized spacial score (nSPS) is 11.3. The van der Waals surface area contributed by atoms with Gasteiger partial charge in [0.15, 0.2) is 0 Å². The van der Waals surface area contributed by atoms with Crippen LogP contribution in [0.1, 0.15) is 0 Å². The van der Waals surface area contributed by atoms with E-state index in [1.54, 1.807) is 0 Å². The summed E-state index contributed by atoms with van der Waals surface area (Å²) in [5, 5.41) is 0. The number of nitrogens with two attached hydrogens (primary N) is 1. The minimum absolute atomic E-state index is 0.553. The molecular formula is C12H28N2O4. The van der Waals surface area contributed by atoms with Gasteiger partial charge in [-0.3, -0.25) is 0 Å². The Morgan fingerprint density at radius 1 is 0.667 bits per heavy atom. The number of rotatable bonds is 14. The molecule has 18 heavy (non-hydrogen) atoms. The molecule has 0 spiro atoms. The molecule has 6 nitrogen and oxygen atoms in total. The summed E-state index contributed by atoms with van der Waals surface area (Å²) in [6, 6.07) is 0. The zero-order chi connectivity index (χ0) is 13.5. The van der Waals surface area contributed by atoms with E-state index in [1.807, 2.05) is 14.1 Å². The first-order valence-electron chi connectivity index (χ1n) is 6.43. The SMILES string of the molecule is CN(C)CCOCCOCCOCCOCCN. The van der Waals surface area contributed by atoms with Gasteiger partial charge in [0.1, 0.15) is 0 Å². The Bertz CT molecular complexity index is 159. The van der Waals surface area contributed by atoms with Gasteiger partial charge in [-0.15, -0.1) is 0 Å². The Morgan fingerprint density at radius 2 is 1.06 bits per heavy atom. The van der Waals surface area contributed by atoms with Crippen LogP contribution in [0.5, 0.6) is 0 Å². The highest BCUT2D eigenvalue weighted by Gasteiger charge is 1.93. The van der Waals surface area contributed by atoms with E-state index < -0.39 is 0 Å². The first kappa shape index (κ1) is 17.8. The fraction of sp³-hybridized carbons (Fsp3) is 1.00. The summed E-state index contributed by atoms with van der Waals surface area (Å²) in [6.45, 7) is 6.41. The van der Waals surface area contributed by atoms with Crippen LogP contribution in [0.3, 0.4) is 0 Å². The molecule has 0 aromatic heterocycles. The van der Waals surface area contributed by atoms with Crippen molar-refractivity contribution < 1.29 is 18.9 Å². The van der Waals surface area contributed by atoms with Gasteiger partial charge in [0, 0.05) is 13.1 Å². The molecule has 0 aliphatic heterocycles. The van der Waals surface area contributed by atoms with Gasteiger partial charge in [-0.1, -0.05) is 0 Å². The van der Waals surface area contributed by atoms with Crippen molar-refractivity contribution in [1.29, 1.82) is 0 Å². The van der Waals surface area contributed by atoms with Gasteiger partial charge < -0.3 is 29.6 Å². The van der Waals surface area contributed by atoms with Crippen molar-refractivity contribution in [2.45, 2.75) is 0 Å². The van der Waals surface area contributed by atoms with Gasteiger partial charge in [0.05, 0.1) is 52.9 Å². The maximum Gasteiger partial charge on any atom is 0.0701 e. The Labute approximate surface area is 110 Å². The van der Waals surface area contributed by atoms with Crippen LogP contribution < -0.4 is 5.73 Å². The lowest BCUT2D eigenvalue weighted by Crippen LogP contribution is -2.19. The van der Waals surface area contributed by atoms with Gasteiger partial charge in [-0.2, -0.15) is 0 Å². The van der Waals surface area contributed by atoms with E-state index in [0.29, 0.717) is 52.8 Å². The van der Waals surface area contributed by atoms with Crippen molar-refractivity contribution in [2.75, 3.05) is 80.0 Å². The Hall–Kier alpha value is -0.240. The smallest absolute Gasteiger partial charge is 0.0701 e. The molecule has 0 radical (unpaired) electrons. The molecule has 0 aromatic rings. The molecule has 0 aromatic carbocycles. The predicted octanol–water partition coefficient (Wildman–Crippen LogP) is -0.427. The van der Waals surface area contributed by atoms with Gasteiger partial charge in [-0.05, 0) is 14.1 Å². The minimum Gasteiger partial charge on any atom is -0.378 e. The lowest BCUT2D eigenvalue weighted by atomic mass is 10.6. The Kier molecular flexibility index (Phi) is 14.6. The summed E-state index contributed by atoms with van der Waals surface area (Å²) in [4.78, 5) is 2.08. The summed E-state index contributed by atoms with van der Waals surface area (Å²) in [5.74, 6) is 0. The largest absolute Gasteiger partial charge is 0.378 e. The van der Waals surface area contributed by atoms with Gasteiger partial charge >= 0.3 is 0 Å². The quantitative estimate of drug-likeness (QED) is 0.430. The van der Waals surface area contributed by atoms with Gasteiger partial charge in [-0.25, -0.2) is 0 Å². The summed E-state index contributed by atoms with van der Waals surface area (Å²) >= 11 is 0. The van der Waals surface area contributed by atoms with Crippen LogP contribution in [-0.4, -0.2) is 84.9 Å². The van der Waals surface area contributed by atoms with Crippen molar-refractivity contribution in [3.05, 3.63) is 0 Å². The highest BCUT2D eigenvalue weighted by molar-refractivity contribution is 4.40. The van der Waals surface area contributed by atoms with E-state index in [1.165, 1.54) is 0 Å². The van der Waals surface area contributed by atoms with Crippen molar-refractivity contribution in [1.82, 2.24) is 4.90 Å². The second kappa shape index (κ2) is 14.8. The number of hydrogen-bond donors (Lipinski definition) is 1. The molecular weight excluding hydrogens is 236 g/mol. The lowest BCUT2D eigenvalue weighted by molar-refractivity contribution is -0.00216. The average Bonchev–Trinajstić information content (AvgIpc) is 2.34. The van der Waals surface area contributed by atoms with E-state index in [-0.39, 0.29) is 0 Å². The molecule has 0 aliphatic rings. The van der Waals surface area contributed by atoms with Gasteiger partial charge in [0.2, 0.25) is 0 Å². The molecule has 0 amide bonds. The third-order valence-corrected chi connectivity index (χ3v) is 2.06. The highest BCUT2D eigenvalue weighted by atomic mass is 16.6. The number of nitrogens with zero attached hydrogens (tertiary/aromatic N) is 1. The number of likely N-dealkylation sites (N-methyl/N-ethyl adjacent to an activating group) is 1. The molecule has 6 heteroatoms. The van der Waals surface area contributed by atoms with Crippen LogP contribution in [0, 0.1) is 0 Å². The minimum atomic E-state index is 0.553. The van der Waals surface area contributed by atoms with E-state index in [9.17, 15) is 0 Å². The summed E-state index contributed by atoms with van der Waals surface area (Å²) < 4.78 is 21.2. The second-order valence-electron chi connectivity index (χ2n) is 4.04. The van der Waals surface area contributed by atoms with Crippen molar-refractivity contribution in [3.8, 4) is 0 Å². The molecule has 110 valence electrons. The molecule has 0 heterocycles. The van der Waals surface area contributed by atoms with Crippen LogP contribution in [-0.2, 0) is 18.9 Å². The maximum atomic E-state index is 5.38. The topological polar surface area (TPSA) is 66.2 Å². The zero-order valence-corrected chi connectivity index (χ0v) is 11.7. The molecule has 0 saturated carbocycles. The van der Waals surface area contributed by atoms with E-state index >= 15 is 0 Å². The van der Waals surface area contributed by atoms with E-state index in [0.717, 1.165) is 13.2 Å². The van der Waals surface area contributed by atoms with Crippen molar-refractivity contribution >= 4 is 0 Å².